The third-order valence-electron chi connectivity index (χ3n) is 2.46. The zero-order valence-electron chi connectivity index (χ0n) is 9.50. The molecule has 2 aromatic rings. The molecule has 94 valence electrons. The van der Waals surface area contributed by atoms with E-state index in [0.29, 0.717) is 23.3 Å². The quantitative estimate of drug-likeness (QED) is 0.733. The summed E-state index contributed by atoms with van der Waals surface area (Å²) in [5.74, 6) is 0.801. The van der Waals surface area contributed by atoms with E-state index in [-0.39, 0.29) is 5.82 Å². The van der Waals surface area contributed by atoms with Crippen molar-refractivity contribution in [2.75, 3.05) is 0 Å². The molecule has 0 N–H and O–H groups in total. The lowest BCUT2D eigenvalue weighted by Crippen LogP contribution is -1.97. The van der Waals surface area contributed by atoms with Crippen LogP contribution in [-0.2, 0) is 12.5 Å². The van der Waals surface area contributed by atoms with Gasteiger partial charge in [0, 0.05) is 11.4 Å². The van der Waals surface area contributed by atoms with Crippen molar-refractivity contribution in [1.29, 1.82) is 0 Å². The molecule has 0 radical (unpaired) electrons. The normalized spacial score (nSPS) is 10.4. The zero-order valence-corrected chi connectivity index (χ0v) is 11.0. The third-order valence-corrected chi connectivity index (χ3v) is 3.12. The molecule has 2 aromatic carbocycles. The summed E-state index contributed by atoms with van der Waals surface area (Å²) < 4.78 is 18.5. The maximum absolute atomic E-state index is 12.9. The molecule has 0 saturated heterocycles. The minimum atomic E-state index is -0.354. The molecule has 0 spiro atoms. The van der Waals surface area contributed by atoms with Crippen molar-refractivity contribution >= 4 is 23.2 Å². The van der Waals surface area contributed by atoms with E-state index >= 15 is 0 Å². The number of rotatable bonds is 4. The van der Waals surface area contributed by atoms with Gasteiger partial charge in [-0.05, 0) is 29.8 Å². The molecule has 0 heterocycles. The first-order valence-corrected chi connectivity index (χ1v) is 6.32. The Morgan fingerprint density at radius 1 is 1.11 bits per heavy atom. The Balaban J connectivity index is 2.06. The van der Waals surface area contributed by atoms with Crippen LogP contribution in [0.4, 0.5) is 4.39 Å². The highest BCUT2D eigenvalue weighted by Crippen LogP contribution is 2.21. The van der Waals surface area contributed by atoms with Crippen LogP contribution in [0.2, 0.25) is 5.02 Å². The van der Waals surface area contributed by atoms with E-state index in [1.54, 1.807) is 6.07 Å². The van der Waals surface area contributed by atoms with E-state index < -0.39 is 0 Å². The average molecular weight is 285 g/mol. The van der Waals surface area contributed by atoms with Crippen molar-refractivity contribution in [2.24, 2.45) is 0 Å². The van der Waals surface area contributed by atoms with Gasteiger partial charge in [0.1, 0.15) is 18.2 Å². The predicted molar refractivity (Wildman–Crippen MR) is 71.7 cm³/mol. The molecule has 0 bridgehead atoms. The molecule has 18 heavy (non-hydrogen) atoms. The van der Waals surface area contributed by atoms with Crippen molar-refractivity contribution in [1.82, 2.24) is 0 Å². The summed E-state index contributed by atoms with van der Waals surface area (Å²) in [5.41, 5.74) is 1.73. The molecular weight excluding hydrogens is 274 g/mol. The van der Waals surface area contributed by atoms with Crippen LogP contribution in [0.25, 0.3) is 0 Å². The predicted octanol–water partition coefficient (Wildman–Crippen LogP) is 4.80. The molecule has 0 aromatic heterocycles. The van der Waals surface area contributed by atoms with Crippen LogP contribution in [-0.4, -0.2) is 0 Å². The van der Waals surface area contributed by atoms with Gasteiger partial charge in [0.05, 0.1) is 5.02 Å². The van der Waals surface area contributed by atoms with Gasteiger partial charge in [-0.25, -0.2) is 4.39 Å². The van der Waals surface area contributed by atoms with E-state index in [1.807, 2.05) is 24.3 Å². The highest BCUT2D eigenvalue weighted by molar-refractivity contribution is 6.31. The molecule has 4 heteroatoms. The summed E-state index contributed by atoms with van der Waals surface area (Å²) >= 11 is 11.7. The molecule has 1 nitrogen and oxygen atoms in total. The summed E-state index contributed by atoms with van der Waals surface area (Å²) in [4.78, 5) is 0. The second-order valence-electron chi connectivity index (χ2n) is 3.81. The van der Waals surface area contributed by atoms with Crippen molar-refractivity contribution in [3.05, 3.63) is 64.4 Å². The summed E-state index contributed by atoms with van der Waals surface area (Å²) in [6.45, 7) is 0.296. The Hall–Kier alpha value is -1.25. The van der Waals surface area contributed by atoms with Gasteiger partial charge in [-0.2, -0.15) is 0 Å². The van der Waals surface area contributed by atoms with E-state index in [0.717, 1.165) is 11.1 Å². The molecule has 0 aliphatic carbocycles. The maximum atomic E-state index is 12.9. The number of benzene rings is 2. The summed E-state index contributed by atoms with van der Waals surface area (Å²) in [5, 5.41) is 0.364. The van der Waals surface area contributed by atoms with Gasteiger partial charge in [-0.3, -0.25) is 0 Å². The van der Waals surface area contributed by atoms with E-state index in [9.17, 15) is 4.39 Å². The van der Waals surface area contributed by atoms with Crippen LogP contribution in [0.1, 0.15) is 11.1 Å². The van der Waals surface area contributed by atoms with Crippen molar-refractivity contribution < 1.29 is 9.13 Å². The lowest BCUT2D eigenvalue weighted by molar-refractivity contribution is 0.306. The summed E-state index contributed by atoms with van der Waals surface area (Å²) in [6.07, 6.45) is 0. The Kier molecular flexibility index (Phi) is 4.45. The fraction of sp³-hybridized carbons (Fsp3) is 0.143. The SMILES string of the molecule is Fc1ccc(COc2cccc(CCl)c2)c(Cl)c1. The maximum Gasteiger partial charge on any atom is 0.124 e. The van der Waals surface area contributed by atoms with Gasteiger partial charge in [0.25, 0.3) is 0 Å². The number of halogens is 3. The standard InChI is InChI=1S/C14H11Cl2FO/c15-8-10-2-1-3-13(6-10)18-9-11-4-5-12(17)7-14(11)16/h1-7H,8-9H2. The Morgan fingerprint density at radius 2 is 1.94 bits per heavy atom. The molecule has 0 fully saturated rings. The van der Waals surface area contributed by atoms with Crippen LogP contribution >= 0.6 is 23.2 Å². The number of hydrogen-bond acceptors (Lipinski definition) is 1. The van der Waals surface area contributed by atoms with Gasteiger partial charge in [0.2, 0.25) is 0 Å². The lowest BCUT2D eigenvalue weighted by Gasteiger charge is -2.08. The van der Waals surface area contributed by atoms with Gasteiger partial charge < -0.3 is 4.74 Å². The van der Waals surface area contributed by atoms with Gasteiger partial charge in [-0.15, -0.1) is 11.6 Å². The fourth-order valence-electron chi connectivity index (χ4n) is 1.52. The first-order chi connectivity index (χ1) is 8.69. The van der Waals surface area contributed by atoms with E-state index in [4.69, 9.17) is 27.9 Å². The van der Waals surface area contributed by atoms with Crippen LogP contribution in [0, 0.1) is 5.82 Å². The molecular formula is C14H11Cl2FO. The first-order valence-electron chi connectivity index (χ1n) is 5.40. The van der Waals surface area contributed by atoms with Crippen LogP contribution in [0.5, 0.6) is 5.75 Å². The van der Waals surface area contributed by atoms with E-state index in [1.165, 1.54) is 12.1 Å². The molecule has 0 aliphatic heterocycles. The van der Waals surface area contributed by atoms with Crippen LogP contribution < -0.4 is 4.74 Å². The number of ether oxygens (including phenoxy) is 1. The molecule has 0 aliphatic rings. The zero-order chi connectivity index (χ0) is 13.0. The van der Waals surface area contributed by atoms with Crippen molar-refractivity contribution in [2.45, 2.75) is 12.5 Å². The second-order valence-corrected chi connectivity index (χ2v) is 4.48. The van der Waals surface area contributed by atoms with Crippen LogP contribution in [0.3, 0.4) is 0 Å². The molecule has 0 amide bonds. The highest BCUT2D eigenvalue weighted by Gasteiger charge is 2.03. The smallest absolute Gasteiger partial charge is 0.124 e. The molecule has 0 unspecified atom stereocenters. The molecule has 2 rings (SSSR count). The third kappa shape index (κ3) is 3.37. The summed E-state index contributed by atoms with van der Waals surface area (Å²) in [6, 6.07) is 11.8. The second kappa shape index (κ2) is 6.07. The highest BCUT2D eigenvalue weighted by atomic mass is 35.5. The number of hydrogen-bond donors (Lipinski definition) is 0. The number of alkyl halides is 1. The lowest BCUT2D eigenvalue weighted by atomic mass is 10.2. The summed E-state index contributed by atoms with van der Waals surface area (Å²) in [7, 11) is 0. The van der Waals surface area contributed by atoms with Gasteiger partial charge in [0.15, 0.2) is 0 Å². The Morgan fingerprint density at radius 3 is 2.67 bits per heavy atom. The van der Waals surface area contributed by atoms with Crippen molar-refractivity contribution in [3.8, 4) is 5.75 Å². The minimum Gasteiger partial charge on any atom is -0.489 e. The fourth-order valence-corrected chi connectivity index (χ4v) is 1.91. The largest absolute Gasteiger partial charge is 0.489 e. The Bertz CT molecular complexity index is 543. The van der Waals surface area contributed by atoms with Crippen molar-refractivity contribution in [3.63, 3.8) is 0 Å². The minimum absolute atomic E-state index is 0.296. The topological polar surface area (TPSA) is 9.23 Å². The van der Waals surface area contributed by atoms with Gasteiger partial charge >= 0.3 is 0 Å². The van der Waals surface area contributed by atoms with E-state index in [2.05, 4.69) is 0 Å². The van der Waals surface area contributed by atoms with Gasteiger partial charge in [-0.1, -0.05) is 29.8 Å². The Labute approximate surface area is 115 Å². The molecule has 0 atom stereocenters. The average Bonchev–Trinajstić information content (AvgIpc) is 2.38. The monoisotopic (exact) mass is 284 g/mol. The molecule has 0 saturated carbocycles. The first kappa shape index (κ1) is 13.2. The van der Waals surface area contributed by atoms with Crippen LogP contribution in [0.15, 0.2) is 42.5 Å².